The molecule has 0 radical (unpaired) electrons. The fraction of sp³-hybridized carbons (Fsp3) is 0.556. The number of alkyl carbamates (subject to hydrolysis) is 1. The molecule has 1 N–H and O–H groups in total. The zero-order valence-electron chi connectivity index (χ0n) is 14.5. The number of hydrogen-bond donors (Lipinski definition) is 2. The van der Waals surface area contributed by atoms with Gasteiger partial charge in [0.05, 0.1) is 0 Å². The summed E-state index contributed by atoms with van der Waals surface area (Å²) < 4.78 is 5.20. The van der Waals surface area contributed by atoms with Crippen LogP contribution in [0.25, 0.3) is 0 Å². The molecule has 2 amide bonds. The Labute approximate surface area is 149 Å². The minimum Gasteiger partial charge on any atom is -0.444 e. The van der Waals surface area contributed by atoms with Crippen LogP contribution in [0.1, 0.15) is 38.3 Å². The van der Waals surface area contributed by atoms with Gasteiger partial charge in [-0.25, -0.2) is 4.79 Å². The summed E-state index contributed by atoms with van der Waals surface area (Å²) in [5.41, 5.74) is 1.58. The van der Waals surface area contributed by atoms with Gasteiger partial charge < -0.3 is 15.0 Å². The number of carbonyl (C=O) groups is 2. The summed E-state index contributed by atoms with van der Waals surface area (Å²) in [5.74, 6) is 1.31. The maximum atomic E-state index is 11.9. The van der Waals surface area contributed by atoms with Crippen molar-refractivity contribution in [2.24, 2.45) is 5.92 Å². The molecule has 0 spiro atoms. The minimum atomic E-state index is -0.499. The molecule has 1 aliphatic rings. The van der Waals surface area contributed by atoms with Gasteiger partial charge in [-0.05, 0) is 43.6 Å². The van der Waals surface area contributed by atoms with Crippen LogP contribution < -0.4 is 5.32 Å². The topological polar surface area (TPSA) is 58.6 Å². The molecule has 6 heteroatoms. The lowest BCUT2D eigenvalue weighted by molar-refractivity contribution is -0.128. The molecule has 0 aliphatic carbocycles. The van der Waals surface area contributed by atoms with Gasteiger partial charge in [-0.3, -0.25) is 4.79 Å². The molecule has 5 nitrogen and oxygen atoms in total. The molecular weight excluding hydrogens is 324 g/mol. The highest BCUT2D eigenvalue weighted by Gasteiger charge is 2.28. The second kappa shape index (κ2) is 7.92. The summed E-state index contributed by atoms with van der Waals surface area (Å²) in [5, 5.41) is 2.73. The Morgan fingerprint density at radius 3 is 2.46 bits per heavy atom. The van der Waals surface area contributed by atoms with Crippen LogP contribution >= 0.6 is 12.6 Å². The number of ether oxygens (including phenoxy) is 1. The smallest absolute Gasteiger partial charge is 0.407 e. The van der Waals surface area contributed by atoms with E-state index in [1.165, 1.54) is 0 Å². The van der Waals surface area contributed by atoms with E-state index in [-0.39, 0.29) is 5.91 Å². The number of benzene rings is 1. The molecule has 1 saturated heterocycles. The highest BCUT2D eigenvalue weighted by Crippen LogP contribution is 2.21. The van der Waals surface area contributed by atoms with Crippen LogP contribution in [0.4, 0.5) is 4.79 Å². The Morgan fingerprint density at radius 1 is 1.29 bits per heavy atom. The summed E-state index contributed by atoms with van der Waals surface area (Å²) in [7, 11) is 0. The number of carbonyl (C=O) groups excluding carboxylic acids is 2. The van der Waals surface area contributed by atoms with Gasteiger partial charge in [-0.2, -0.15) is 12.6 Å². The molecule has 0 saturated carbocycles. The zero-order valence-corrected chi connectivity index (χ0v) is 15.4. The number of nitrogens with one attached hydrogen (secondary N) is 1. The molecular formula is C18H26N2O3S. The third kappa shape index (κ3) is 5.74. The van der Waals surface area contributed by atoms with Crippen molar-refractivity contribution in [2.45, 2.75) is 45.9 Å². The van der Waals surface area contributed by atoms with Gasteiger partial charge in [0.2, 0.25) is 5.91 Å². The summed E-state index contributed by atoms with van der Waals surface area (Å²) in [6.07, 6.45) is 0.175. The predicted octanol–water partition coefficient (Wildman–Crippen LogP) is 2.99. The second-order valence-corrected chi connectivity index (χ2v) is 7.56. The van der Waals surface area contributed by atoms with Gasteiger partial charge in [-0.15, -0.1) is 0 Å². The van der Waals surface area contributed by atoms with Gasteiger partial charge >= 0.3 is 6.09 Å². The van der Waals surface area contributed by atoms with E-state index in [9.17, 15) is 9.59 Å². The van der Waals surface area contributed by atoms with Crippen LogP contribution in [0, 0.1) is 5.92 Å². The summed E-state index contributed by atoms with van der Waals surface area (Å²) >= 11 is 4.28. The fourth-order valence-electron chi connectivity index (χ4n) is 2.60. The Morgan fingerprint density at radius 2 is 1.92 bits per heavy atom. The number of amides is 2. The Hall–Kier alpha value is -1.69. The van der Waals surface area contributed by atoms with Crippen molar-refractivity contribution in [3.63, 3.8) is 0 Å². The average molecular weight is 350 g/mol. The lowest BCUT2D eigenvalue weighted by Crippen LogP contribution is -2.32. The number of thiol groups is 1. The van der Waals surface area contributed by atoms with Crippen LogP contribution in [0.2, 0.25) is 0 Å². The van der Waals surface area contributed by atoms with E-state index >= 15 is 0 Å². The van der Waals surface area contributed by atoms with Crippen molar-refractivity contribution in [3.8, 4) is 0 Å². The largest absolute Gasteiger partial charge is 0.444 e. The van der Waals surface area contributed by atoms with Gasteiger partial charge in [-0.1, -0.05) is 24.3 Å². The predicted molar refractivity (Wildman–Crippen MR) is 96.9 cm³/mol. The average Bonchev–Trinajstić information content (AvgIpc) is 2.85. The normalized spacial score (nSPS) is 17.9. The standard InChI is InChI=1S/C18H26N2O3S/c1-18(2,3)23-17(22)19-9-13-4-6-14(7-5-13)10-20-11-15(12-24)8-16(20)21/h4-7,15,24H,8-12H2,1-3H3,(H,19,22). The van der Waals surface area contributed by atoms with E-state index in [1.807, 2.05) is 49.9 Å². The molecule has 1 aromatic rings. The highest BCUT2D eigenvalue weighted by atomic mass is 32.1. The van der Waals surface area contributed by atoms with Crippen molar-refractivity contribution in [1.29, 1.82) is 0 Å². The molecule has 0 aromatic heterocycles. The summed E-state index contributed by atoms with van der Waals surface area (Å²) in [6, 6.07) is 7.91. The maximum Gasteiger partial charge on any atom is 0.407 e. The third-order valence-corrected chi connectivity index (χ3v) is 4.30. The number of likely N-dealkylation sites (tertiary alicyclic amines) is 1. The summed E-state index contributed by atoms with van der Waals surface area (Å²) in [6.45, 7) is 7.32. The van der Waals surface area contributed by atoms with Crippen molar-refractivity contribution in [1.82, 2.24) is 10.2 Å². The molecule has 2 rings (SSSR count). The minimum absolute atomic E-state index is 0.199. The quantitative estimate of drug-likeness (QED) is 0.803. The van der Waals surface area contributed by atoms with Crippen LogP contribution in [-0.2, 0) is 22.6 Å². The van der Waals surface area contributed by atoms with E-state index in [2.05, 4.69) is 17.9 Å². The Balaban J connectivity index is 1.83. The Bertz CT molecular complexity index is 581. The van der Waals surface area contributed by atoms with E-state index in [4.69, 9.17) is 4.74 Å². The molecule has 0 bridgehead atoms. The molecule has 1 aliphatic heterocycles. The van der Waals surface area contributed by atoms with Crippen molar-refractivity contribution in [3.05, 3.63) is 35.4 Å². The molecule has 1 atom stereocenters. The number of rotatable bonds is 5. The number of nitrogens with zero attached hydrogens (tertiary/aromatic N) is 1. The van der Waals surface area contributed by atoms with Crippen LogP contribution in [-0.4, -0.2) is 34.8 Å². The molecule has 1 unspecified atom stereocenters. The van der Waals surface area contributed by atoms with Crippen molar-refractivity contribution >= 4 is 24.6 Å². The summed E-state index contributed by atoms with van der Waals surface area (Å²) in [4.78, 5) is 25.5. The lowest BCUT2D eigenvalue weighted by Gasteiger charge is -2.19. The van der Waals surface area contributed by atoms with E-state index in [0.717, 1.165) is 23.4 Å². The first-order valence-corrected chi connectivity index (χ1v) is 8.83. The van der Waals surface area contributed by atoms with Gasteiger partial charge in [0.25, 0.3) is 0 Å². The van der Waals surface area contributed by atoms with Crippen LogP contribution in [0.15, 0.2) is 24.3 Å². The van der Waals surface area contributed by atoms with Crippen LogP contribution in [0.3, 0.4) is 0 Å². The third-order valence-electron chi connectivity index (χ3n) is 3.78. The lowest BCUT2D eigenvalue weighted by atomic mass is 10.1. The van der Waals surface area contributed by atoms with E-state index < -0.39 is 11.7 Å². The molecule has 1 aromatic carbocycles. The van der Waals surface area contributed by atoms with Gasteiger partial charge in [0.1, 0.15) is 5.60 Å². The van der Waals surface area contributed by atoms with E-state index in [0.29, 0.717) is 25.4 Å². The fourth-order valence-corrected chi connectivity index (χ4v) is 2.84. The molecule has 1 fully saturated rings. The zero-order chi connectivity index (χ0) is 17.7. The van der Waals surface area contributed by atoms with E-state index in [1.54, 1.807) is 0 Å². The first-order chi connectivity index (χ1) is 11.3. The van der Waals surface area contributed by atoms with Crippen molar-refractivity contribution in [2.75, 3.05) is 12.3 Å². The number of hydrogen-bond acceptors (Lipinski definition) is 4. The van der Waals surface area contributed by atoms with Crippen LogP contribution in [0.5, 0.6) is 0 Å². The SMILES string of the molecule is CC(C)(C)OC(=O)NCc1ccc(CN2CC(CS)CC2=O)cc1. The first-order valence-electron chi connectivity index (χ1n) is 8.20. The highest BCUT2D eigenvalue weighted by molar-refractivity contribution is 7.80. The molecule has 1 heterocycles. The second-order valence-electron chi connectivity index (χ2n) is 7.20. The Kier molecular flexibility index (Phi) is 6.15. The molecule has 24 heavy (non-hydrogen) atoms. The van der Waals surface area contributed by atoms with Crippen molar-refractivity contribution < 1.29 is 14.3 Å². The molecule has 132 valence electrons. The maximum absolute atomic E-state index is 11.9. The van der Waals surface area contributed by atoms with Gasteiger partial charge in [0.15, 0.2) is 0 Å². The van der Waals surface area contributed by atoms with Gasteiger partial charge in [0, 0.05) is 26.1 Å². The monoisotopic (exact) mass is 350 g/mol. The first kappa shape index (κ1) is 18.6.